The van der Waals surface area contributed by atoms with Crippen molar-refractivity contribution in [2.45, 2.75) is 51.7 Å². The monoisotopic (exact) mass is 434 g/mol. The number of aryl methyl sites for hydroxylation is 1. The lowest BCUT2D eigenvalue weighted by Crippen LogP contribution is -2.48. The van der Waals surface area contributed by atoms with Gasteiger partial charge in [0.25, 0.3) is 0 Å². The van der Waals surface area contributed by atoms with Crippen LogP contribution in [0, 0.1) is 0 Å². The Kier molecular flexibility index (Phi) is 5.55. The minimum Gasteiger partial charge on any atom is -0.454 e. The molecule has 3 unspecified atom stereocenters. The van der Waals surface area contributed by atoms with E-state index in [4.69, 9.17) is 14.2 Å². The van der Waals surface area contributed by atoms with Gasteiger partial charge in [0.05, 0.1) is 12.2 Å². The zero-order chi connectivity index (χ0) is 22.2. The topological polar surface area (TPSA) is 63.8 Å². The first-order chi connectivity index (χ1) is 15.5. The molecule has 0 radical (unpaired) electrons. The number of rotatable bonds is 5. The van der Waals surface area contributed by atoms with Crippen molar-refractivity contribution < 1.29 is 19.0 Å². The first kappa shape index (κ1) is 20.9. The molecule has 1 N–H and O–H groups in total. The second-order valence-corrected chi connectivity index (χ2v) is 8.86. The summed E-state index contributed by atoms with van der Waals surface area (Å²) < 4.78 is 17.0. The molecule has 2 aliphatic rings. The van der Waals surface area contributed by atoms with E-state index in [1.54, 1.807) is 0 Å². The van der Waals surface area contributed by atoms with Crippen LogP contribution in [-0.4, -0.2) is 47.9 Å². The minimum absolute atomic E-state index is 0.0481. The summed E-state index contributed by atoms with van der Waals surface area (Å²) in [6, 6.07) is 12.4. The quantitative estimate of drug-likeness (QED) is 0.637. The predicted molar refractivity (Wildman–Crippen MR) is 123 cm³/mol. The SMILES string of the molecule is CCc1cccc2c(C(CC(=O)N3CC(C)OC(C)C3)c3ccc4c(c3)OCO4)c[nH]c12. The Morgan fingerprint density at radius 3 is 2.69 bits per heavy atom. The molecule has 32 heavy (non-hydrogen) atoms. The summed E-state index contributed by atoms with van der Waals surface area (Å²) in [4.78, 5) is 18.9. The summed E-state index contributed by atoms with van der Waals surface area (Å²) in [5.41, 5.74) is 4.62. The number of morpholine rings is 1. The third-order valence-electron chi connectivity index (χ3n) is 6.54. The molecule has 168 valence electrons. The molecule has 5 rings (SSSR count). The standard InChI is InChI=1S/C26H30N2O4/c1-4-18-6-5-7-20-22(12-27-26(18)20)21(19-8-9-23-24(10-19)31-15-30-23)11-25(29)28-13-16(2)32-17(3)14-28/h5-10,12,16-17,21,27H,4,11,13-15H2,1-3H3. The van der Waals surface area contributed by atoms with Crippen LogP contribution < -0.4 is 9.47 Å². The molecule has 0 saturated carbocycles. The molecule has 1 fully saturated rings. The number of nitrogens with zero attached hydrogens (tertiary/aromatic N) is 1. The van der Waals surface area contributed by atoms with Crippen LogP contribution in [0.4, 0.5) is 0 Å². The molecule has 6 nitrogen and oxygen atoms in total. The van der Waals surface area contributed by atoms with Crippen molar-refractivity contribution in [3.05, 3.63) is 59.3 Å². The number of carbonyl (C=O) groups excluding carboxylic acids is 1. The van der Waals surface area contributed by atoms with Crippen molar-refractivity contribution >= 4 is 16.8 Å². The Hall–Kier alpha value is -2.99. The zero-order valence-corrected chi connectivity index (χ0v) is 18.9. The highest BCUT2D eigenvalue weighted by atomic mass is 16.7. The summed E-state index contributed by atoms with van der Waals surface area (Å²) >= 11 is 0. The molecule has 6 heteroatoms. The lowest BCUT2D eigenvalue weighted by Gasteiger charge is -2.36. The van der Waals surface area contributed by atoms with E-state index in [2.05, 4.69) is 42.4 Å². The molecule has 2 aliphatic heterocycles. The third kappa shape index (κ3) is 3.84. The minimum atomic E-state index is -0.0914. The number of ether oxygens (including phenoxy) is 3. The number of carbonyl (C=O) groups is 1. The fraction of sp³-hybridized carbons (Fsp3) is 0.423. The number of hydrogen-bond acceptors (Lipinski definition) is 4. The number of aromatic nitrogens is 1. The van der Waals surface area contributed by atoms with Crippen LogP contribution in [0.25, 0.3) is 10.9 Å². The Morgan fingerprint density at radius 1 is 1.12 bits per heavy atom. The van der Waals surface area contributed by atoms with Crippen molar-refractivity contribution in [2.75, 3.05) is 19.9 Å². The second-order valence-electron chi connectivity index (χ2n) is 8.86. The van der Waals surface area contributed by atoms with Crippen molar-refractivity contribution in [3.63, 3.8) is 0 Å². The molecule has 1 saturated heterocycles. The van der Waals surface area contributed by atoms with Gasteiger partial charge in [-0.15, -0.1) is 0 Å². The summed E-state index contributed by atoms with van der Waals surface area (Å²) in [6.45, 7) is 7.71. The van der Waals surface area contributed by atoms with E-state index >= 15 is 0 Å². The van der Waals surface area contributed by atoms with Crippen LogP contribution in [0.1, 0.15) is 49.8 Å². The zero-order valence-electron chi connectivity index (χ0n) is 18.9. The van der Waals surface area contributed by atoms with Gasteiger partial charge in [0.15, 0.2) is 11.5 Å². The van der Waals surface area contributed by atoms with Gasteiger partial charge in [-0.1, -0.05) is 31.2 Å². The summed E-state index contributed by atoms with van der Waals surface area (Å²) in [7, 11) is 0. The normalized spacial score (nSPS) is 21.2. The molecule has 3 aromatic rings. The molecule has 1 amide bonds. The maximum atomic E-state index is 13.5. The molecular formula is C26H30N2O4. The molecule has 3 atom stereocenters. The number of fused-ring (bicyclic) bond motifs is 2. The van der Waals surface area contributed by atoms with Gasteiger partial charge in [0, 0.05) is 42.5 Å². The molecule has 2 aromatic carbocycles. The largest absolute Gasteiger partial charge is 0.454 e. The van der Waals surface area contributed by atoms with E-state index in [9.17, 15) is 4.79 Å². The van der Waals surface area contributed by atoms with Crippen LogP contribution in [0.5, 0.6) is 11.5 Å². The van der Waals surface area contributed by atoms with E-state index in [0.717, 1.165) is 34.6 Å². The Labute approximate surface area is 188 Å². The van der Waals surface area contributed by atoms with Gasteiger partial charge >= 0.3 is 0 Å². The fourth-order valence-corrected chi connectivity index (χ4v) is 5.04. The Morgan fingerprint density at radius 2 is 1.91 bits per heavy atom. The number of benzene rings is 2. The molecule has 1 aromatic heterocycles. The van der Waals surface area contributed by atoms with Crippen molar-refractivity contribution in [1.82, 2.24) is 9.88 Å². The molecule has 3 heterocycles. The van der Waals surface area contributed by atoms with Crippen molar-refractivity contribution in [1.29, 1.82) is 0 Å². The lowest BCUT2D eigenvalue weighted by atomic mass is 9.87. The van der Waals surface area contributed by atoms with Gasteiger partial charge in [-0.3, -0.25) is 4.79 Å². The highest BCUT2D eigenvalue weighted by Crippen LogP contribution is 2.40. The van der Waals surface area contributed by atoms with Crippen LogP contribution in [0.2, 0.25) is 0 Å². The van der Waals surface area contributed by atoms with Gasteiger partial charge in [0.2, 0.25) is 12.7 Å². The lowest BCUT2D eigenvalue weighted by molar-refractivity contribution is -0.143. The molecular weight excluding hydrogens is 404 g/mol. The number of amides is 1. The first-order valence-corrected chi connectivity index (χ1v) is 11.4. The number of hydrogen-bond donors (Lipinski definition) is 1. The van der Waals surface area contributed by atoms with Crippen molar-refractivity contribution in [3.8, 4) is 11.5 Å². The summed E-state index contributed by atoms with van der Waals surface area (Å²) in [6.07, 6.45) is 3.51. The Balaban J connectivity index is 1.53. The van der Waals surface area contributed by atoms with E-state index in [0.29, 0.717) is 19.5 Å². The smallest absolute Gasteiger partial charge is 0.231 e. The number of aromatic amines is 1. The summed E-state index contributed by atoms with van der Waals surface area (Å²) in [5, 5.41) is 1.17. The van der Waals surface area contributed by atoms with Crippen LogP contribution in [0.15, 0.2) is 42.6 Å². The molecule has 0 bridgehead atoms. The van der Waals surface area contributed by atoms with Gasteiger partial charge in [-0.25, -0.2) is 0 Å². The van der Waals surface area contributed by atoms with Crippen LogP contribution >= 0.6 is 0 Å². The van der Waals surface area contributed by atoms with E-state index < -0.39 is 0 Å². The maximum Gasteiger partial charge on any atom is 0.231 e. The summed E-state index contributed by atoms with van der Waals surface area (Å²) in [5.74, 6) is 1.55. The average Bonchev–Trinajstić information content (AvgIpc) is 3.43. The second kappa shape index (κ2) is 8.51. The van der Waals surface area contributed by atoms with E-state index in [1.807, 2.05) is 30.9 Å². The van der Waals surface area contributed by atoms with Gasteiger partial charge in [-0.05, 0) is 49.1 Å². The van der Waals surface area contributed by atoms with Gasteiger partial charge in [0.1, 0.15) is 0 Å². The maximum absolute atomic E-state index is 13.5. The third-order valence-corrected chi connectivity index (χ3v) is 6.54. The molecule has 0 spiro atoms. The number of H-pyrrole nitrogens is 1. The average molecular weight is 435 g/mol. The number of para-hydroxylation sites is 1. The van der Waals surface area contributed by atoms with E-state index in [-0.39, 0.29) is 30.8 Å². The molecule has 0 aliphatic carbocycles. The number of nitrogens with one attached hydrogen (secondary N) is 1. The predicted octanol–water partition coefficient (Wildman–Crippen LogP) is 4.62. The van der Waals surface area contributed by atoms with Gasteiger partial charge < -0.3 is 24.1 Å². The Bertz CT molecular complexity index is 1130. The van der Waals surface area contributed by atoms with Gasteiger partial charge in [-0.2, -0.15) is 0 Å². The highest BCUT2D eigenvalue weighted by Gasteiger charge is 2.30. The van der Waals surface area contributed by atoms with E-state index in [1.165, 1.54) is 10.9 Å². The van der Waals surface area contributed by atoms with Crippen LogP contribution in [-0.2, 0) is 16.0 Å². The first-order valence-electron chi connectivity index (χ1n) is 11.4. The van der Waals surface area contributed by atoms with Crippen LogP contribution in [0.3, 0.4) is 0 Å². The van der Waals surface area contributed by atoms with Crippen molar-refractivity contribution in [2.24, 2.45) is 0 Å². The highest BCUT2D eigenvalue weighted by molar-refractivity contribution is 5.88. The fourth-order valence-electron chi connectivity index (χ4n) is 5.04.